The summed E-state index contributed by atoms with van der Waals surface area (Å²) in [5.74, 6) is -0.125. The number of rotatable bonds is 3. The van der Waals surface area contributed by atoms with Crippen molar-refractivity contribution in [1.82, 2.24) is 10.6 Å². The quantitative estimate of drug-likeness (QED) is 0.761. The molecule has 1 atom stereocenters. The summed E-state index contributed by atoms with van der Waals surface area (Å²) in [4.78, 5) is 0. The highest BCUT2D eigenvalue weighted by Crippen LogP contribution is 2.16. The molecule has 1 aromatic rings. The number of benzene rings is 1. The standard InChI is InChI=1S/C11H15FN2/c1-8(14-9-6-13-7-9)10-4-2-3-5-11(10)12/h2-5,8-9,13-14H,6-7H2,1H3. The summed E-state index contributed by atoms with van der Waals surface area (Å²) in [6.45, 7) is 3.97. The lowest BCUT2D eigenvalue weighted by Gasteiger charge is -2.31. The number of nitrogens with one attached hydrogen (secondary N) is 2. The Morgan fingerprint density at radius 3 is 2.71 bits per heavy atom. The molecule has 76 valence electrons. The minimum absolute atomic E-state index is 0.0864. The predicted octanol–water partition coefficient (Wildman–Crippen LogP) is 1.45. The first-order valence-electron chi connectivity index (χ1n) is 4.98. The topological polar surface area (TPSA) is 24.1 Å². The first-order chi connectivity index (χ1) is 6.77. The summed E-state index contributed by atoms with van der Waals surface area (Å²) in [6.07, 6.45) is 0. The Labute approximate surface area is 83.5 Å². The molecule has 0 aromatic heterocycles. The van der Waals surface area contributed by atoms with Crippen LogP contribution in [-0.2, 0) is 0 Å². The van der Waals surface area contributed by atoms with E-state index in [1.54, 1.807) is 6.07 Å². The molecular formula is C11H15FN2. The Kier molecular flexibility index (Phi) is 2.79. The van der Waals surface area contributed by atoms with Crippen LogP contribution in [0.25, 0.3) is 0 Å². The molecule has 0 saturated carbocycles. The number of hydrogen-bond donors (Lipinski definition) is 2. The third-order valence-electron chi connectivity index (χ3n) is 2.64. The molecule has 0 aliphatic carbocycles. The molecule has 0 bridgehead atoms. The van der Waals surface area contributed by atoms with Gasteiger partial charge in [0.15, 0.2) is 0 Å². The fourth-order valence-electron chi connectivity index (χ4n) is 1.68. The van der Waals surface area contributed by atoms with Crippen molar-refractivity contribution >= 4 is 0 Å². The first-order valence-corrected chi connectivity index (χ1v) is 4.98. The number of hydrogen-bond acceptors (Lipinski definition) is 2. The van der Waals surface area contributed by atoms with Crippen LogP contribution < -0.4 is 10.6 Å². The number of halogens is 1. The zero-order valence-electron chi connectivity index (χ0n) is 8.26. The summed E-state index contributed by atoms with van der Waals surface area (Å²) in [5, 5.41) is 6.55. The largest absolute Gasteiger partial charge is 0.314 e. The Morgan fingerprint density at radius 1 is 1.43 bits per heavy atom. The van der Waals surface area contributed by atoms with Gasteiger partial charge in [0.25, 0.3) is 0 Å². The minimum Gasteiger partial charge on any atom is -0.314 e. The molecule has 0 radical (unpaired) electrons. The van der Waals surface area contributed by atoms with Crippen LogP contribution >= 0.6 is 0 Å². The second-order valence-corrected chi connectivity index (χ2v) is 3.77. The summed E-state index contributed by atoms with van der Waals surface area (Å²) in [5.41, 5.74) is 0.749. The lowest BCUT2D eigenvalue weighted by atomic mass is 10.1. The van der Waals surface area contributed by atoms with Crippen molar-refractivity contribution in [3.63, 3.8) is 0 Å². The van der Waals surface area contributed by atoms with Gasteiger partial charge in [0, 0.05) is 30.7 Å². The van der Waals surface area contributed by atoms with Crippen LogP contribution in [0.4, 0.5) is 4.39 Å². The Hall–Kier alpha value is -0.930. The van der Waals surface area contributed by atoms with Crippen LogP contribution in [0.15, 0.2) is 24.3 Å². The van der Waals surface area contributed by atoms with E-state index in [0.29, 0.717) is 6.04 Å². The van der Waals surface area contributed by atoms with Crippen molar-refractivity contribution < 1.29 is 4.39 Å². The van der Waals surface area contributed by atoms with Crippen LogP contribution in [-0.4, -0.2) is 19.1 Å². The lowest BCUT2D eigenvalue weighted by molar-refractivity contribution is 0.335. The fourth-order valence-corrected chi connectivity index (χ4v) is 1.68. The van der Waals surface area contributed by atoms with E-state index in [2.05, 4.69) is 10.6 Å². The smallest absolute Gasteiger partial charge is 0.127 e. The zero-order chi connectivity index (χ0) is 9.97. The van der Waals surface area contributed by atoms with E-state index in [1.807, 2.05) is 19.1 Å². The molecule has 2 N–H and O–H groups in total. The summed E-state index contributed by atoms with van der Waals surface area (Å²) in [6, 6.07) is 7.51. The van der Waals surface area contributed by atoms with Gasteiger partial charge in [0.2, 0.25) is 0 Å². The van der Waals surface area contributed by atoms with Gasteiger partial charge in [-0.1, -0.05) is 18.2 Å². The molecule has 1 heterocycles. The highest BCUT2D eigenvalue weighted by atomic mass is 19.1. The highest BCUT2D eigenvalue weighted by Gasteiger charge is 2.20. The summed E-state index contributed by atoms with van der Waals surface area (Å²) in [7, 11) is 0. The third kappa shape index (κ3) is 1.94. The van der Waals surface area contributed by atoms with Gasteiger partial charge in [-0.25, -0.2) is 4.39 Å². The average molecular weight is 194 g/mol. The predicted molar refractivity (Wildman–Crippen MR) is 54.6 cm³/mol. The van der Waals surface area contributed by atoms with Crippen molar-refractivity contribution in [2.45, 2.75) is 19.0 Å². The third-order valence-corrected chi connectivity index (χ3v) is 2.64. The molecular weight excluding hydrogens is 179 g/mol. The minimum atomic E-state index is -0.125. The second-order valence-electron chi connectivity index (χ2n) is 3.77. The normalized spacial score (nSPS) is 19.0. The monoisotopic (exact) mass is 194 g/mol. The van der Waals surface area contributed by atoms with Crippen molar-refractivity contribution in [1.29, 1.82) is 0 Å². The van der Waals surface area contributed by atoms with Crippen LogP contribution in [0.2, 0.25) is 0 Å². The van der Waals surface area contributed by atoms with E-state index in [9.17, 15) is 4.39 Å². The highest BCUT2D eigenvalue weighted by molar-refractivity contribution is 5.20. The molecule has 2 rings (SSSR count). The van der Waals surface area contributed by atoms with Crippen molar-refractivity contribution in [2.24, 2.45) is 0 Å². The van der Waals surface area contributed by atoms with Gasteiger partial charge < -0.3 is 10.6 Å². The van der Waals surface area contributed by atoms with Crippen molar-refractivity contribution in [3.8, 4) is 0 Å². The van der Waals surface area contributed by atoms with Crippen molar-refractivity contribution in [3.05, 3.63) is 35.6 Å². The molecule has 14 heavy (non-hydrogen) atoms. The molecule has 1 saturated heterocycles. The second kappa shape index (κ2) is 4.07. The van der Waals surface area contributed by atoms with Gasteiger partial charge >= 0.3 is 0 Å². The Balaban J connectivity index is 2.02. The van der Waals surface area contributed by atoms with Gasteiger partial charge in [0.05, 0.1) is 0 Å². The van der Waals surface area contributed by atoms with Crippen LogP contribution in [0, 0.1) is 5.82 Å². The molecule has 1 fully saturated rings. The average Bonchev–Trinajstić information content (AvgIpc) is 2.12. The maximum atomic E-state index is 13.4. The van der Waals surface area contributed by atoms with E-state index < -0.39 is 0 Å². The molecule has 0 spiro atoms. The molecule has 1 aliphatic rings. The van der Waals surface area contributed by atoms with Gasteiger partial charge in [-0.3, -0.25) is 0 Å². The van der Waals surface area contributed by atoms with E-state index in [0.717, 1.165) is 18.7 Å². The fraction of sp³-hybridized carbons (Fsp3) is 0.455. The SMILES string of the molecule is CC(NC1CNC1)c1ccccc1F. The molecule has 1 aliphatic heterocycles. The van der Waals surface area contributed by atoms with Gasteiger partial charge in [-0.15, -0.1) is 0 Å². The Morgan fingerprint density at radius 2 is 2.14 bits per heavy atom. The maximum Gasteiger partial charge on any atom is 0.127 e. The van der Waals surface area contributed by atoms with E-state index >= 15 is 0 Å². The van der Waals surface area contributed by atoms with Gasteiger partial charge in [-0.2, -0.15) is 0 Å². The van der Waals surface area contributed by atoms with Crippen LogP contribution in [0.3, 0.4) is 0 Å². The molecule has 2 nitrogen and oxygen atoms in total. The molecule has 1 aromatic carbocycles. The lowest BCUT2D eigenvalue weighted by Crippen LogP contribution is -2.55. The molecule has 1 unspecified atom stereocenters. The van der Waals surface area contributed by atoms with E-state index in [1.165, 1.54) is 6.07 Å². The molecule has 0 amide bonds. The van der Waals surface area contributed by atoms with Gasteiger partial charge in [-0.05, 0) is 13.0 Å². The van der Waals surface area contributed by atoms with E-state index in [4.69, 9.17) is 0 Å². The first kappa shape index (κ1) is 9.62. The zero-order valence-corrected chi connectivity index (χ0v) is 8.26. The van der Waals surface area contributed by atoms with E-state index in [-0.39, 0.29) is 11.9 Å². The van der Waals surface area contributed by atoms with Crippen LogP contribution in [0.5, 0.6) is 0 Å². The molecule has 3 heteroatoms. The van der Waals surface area contributed by atoms with Gasteiger partial charge in [0.1, 0.15) is 5.82 Å². The summed E-state index contributed by atoms with van der Waals surface area (Å²) >= 11 is 0. The maximum absolute atomic E-state index is 13.4. The van der Waals surface area contributed by atoms with Crippen LogP contribution in [0.1, 0.15) is 18.5 Å². The Bertz CT molecular complexity index is 310. The van der Waals surface area contributed by atoms with Crippen molar-refractivity contribution in [2.75, 3.05) is 13.1 Å². The summed E-state index contributed by atoms with van der Waals surface area (Å²) < 4.78 is 13.4.